The van der Waals surface area contributed by atoms with E-state index in [1.54, 1.807) is 12.1 Å². The predicted molar refractivity (Wildman–Crippen MR) is 65.8 cm³/mol. The molecule has 4 nitrogen and oxygen atoms in total. The molecule has 2 N–H and O–H groups in total. The fourth-order valence-corrected chi connectivity index (χ4v) is 4.10. The molecule has 1 fully saturated rings. The van der Waals surface area contributed by atoms with E-state index in [2.05, 4.69) is 0 Å². The minimum Gasteiger partial charge on any atom is -0.383 e. The Hall–Kier alpha value is -0.620. The fraction of sp³-hybridized carbons (Fsp3) is 0.455. The molecule has 1 aliphatic rings. The van der Waals surface area contributed by atoms with E-state index in [0.29, 0.717) is 11.4 Å². The summed E-state index contributed by atoms with van der Waals surface area (Å²) in [5.74, 6) is 0. The maximum Gasteiger partial charge on any atom is 0.183 e. The summed E-state index contributed by atoms with van der Waals surface area (Å²) in [5, 5.41) is -0.0493. The van der Waals surface area contributed by atoms with Crippen LogP contribution in [0, 0.1) is 0 Å². The first-order chi connectivity index (χ1) is 7.90. The van der Waals surface area contributed by atoms with Crippen molar-refractivity contribution in [1.29, 1.82) is 0 Å². The van der Waals surface area contributed by atoms with Crippen LogP contribution in [-0.4, -0.2) is 32.9 Å². The molecular formula is C11H14ClNO3S. The minimum absolute atomic E-state index is 0.254. The van der Waals surface area contributed by atoms with Gasteiger partial charge < -0.3 is 10.5 Å². The van der Waals surface area contributed by atoms with Crippen LogP contribution in [0.3, 0.4) is 0 Å². The highest BCUT2D eigenvalue weighted by Gasteiger charge is 2.59. The van der Waals surface area contributed by atoms with Crippen molar-refractivity contribution in [2.75, 3.05) is 13.7 Å². The third kappa shape index (κ3) is 2.33. The van der Waals surface area contributed by atoms with Crippen molar-refractivity contribution in [1.82, 2.24) is 0 Å². The van der Waals surface area contributed by atoms with Crippen molar-refractivity contribution < 1.29 is 13.2 Å². The molecule has 0 unspecified atom stereocenters. The lowest BCUT2D eigenvalue weighted by atomic mass is 10.3. The zero-order chi connectivity index (χ0) is 12.7. The van der Waals surface area contributed by atoms with Gasteiger partial charge in [-0.25, -0.2) is 8.42 Å². The third-order valence-corrected chi connectivity index (χ3v) is 5.54. The van der Waals surface area contributed by atoms with Crippen molar-refractivity contribution in [2.45, 2.75) is 22.1 Å². The lowest BCUT2D eigenvalue weighted by Gasteiger charge is -2.10. The van der Waals surface area contributed by atoms with Crippen molar-refractivity contribution in [3.8, 4) is 0 Å². The maximum absolute atomic E-state index is 12.2. The highest BCUT2D eigenvalue weighted by atomic mass is 35.5. The monoisotopic (exact) mass is 275 g/mol. The Balaban J connectivity index is 2.25. The first kappa shape index (κ1) is 12.8. The second-order valence-corrected chi connectivity index (χ2v) is 6.92. The van der Waals surface area contributed by atoms with Gasteiger partial charge in [0.1, 0.15) is 0 Å². The molecule has 0 aliphatic heterocycles. The number of hydrogen-bond donors (Lipinski definition) is 1. The van der Waals surface area contributed by atoms with Gasteiger partial charge in [-0.05, 0) is 30.7 Å². The van der Waals surface area contributed by atoms with Gasteiger partial charge >= 0.3 is 0 Å². The molecule has 0 heterocycles. The zero-order valence-electron chi connectivity index (χ0n) is 9.39. The van der Waals surface area contributed by atoms with Crippen molar-refractivity contribution in [2.24, 2.45) is 5.73 Å². The van der Waals surface area contributed by atoms with Gasteiger partial charge in [0.05, 0.1) is 22.3 Å². The van der Waals surface area contributed by atoms with E-state index in [0.717, 1.165) is 0 Å². The molecule has 2 atom stereocenters. The Morgan fingerprint density at radius 3 is 2.59 bits per heavy atom. The van der Waals surface area contributed by atoms with E-state index in [4.69, 9.17) is 22.1 Å². The van der Waals surface area contributed by atoms with E-state index in [1.165, 1.54) is 19.2 Å². The maximum atomic E-state index is 12.2. The summed E-state index contributed by atoms with van der Waals surface area (Å²) in [5.41, 5.74) is 5.18. The number of hydrogen-bond acceptors (Lipinski definition) is 4. The van der Waals surface area contributed by atoms with Crippen LogP contribution >= 0.6 is 11.6 Å². The van der Waals surface area contributed by atoms with Gasteiger partial charge in [0.25, 0.3) is 0 Å². The Morgan fingerprint density at radius 1 is 1.47 bits per heavy atom. The van der Waals surface area contributed by atoms with Crippen molar-refractivity contribution in [3.63, 3.8) is 0 Å². The molecule has 94 valence electrons. The van der Waals surface area contributed by atoms with E-state index in [9.17, 15) is 8.42 Å². The number of ether oxygens (including phenoxy) is 1. The molecule has 2 rings (SSSR count). The Labute approximate surface area is 106 Å². The van der Waals surface area contributed by atoms with Gasteiger partial charge in [-0.2, -0.15) is 0 Å². The molecule has 6 heteroatoms. The third-order valence-electron chi connectivity index (χ3n) is 2.98. The summed E-state index contributed by atoms with van der Waals surface area (Å²) in [4.78, 5) is 0.260. The van der Waals surface area contributed by atoms with Crippen LogP contribution in [0.1, 0.15) is 6.42 Å². The highest BCUT2D eigenvalue weighted by molar-refractivity contribution is 7.92. The molecule has 0 aromatic heterocycles. The van der Waals surface area contributed by atoms with E-state index in [-0.39, 0.29) is 11.5 Å². The van der Waals surface area contributed by atoms with Gasteiger partial charge in [0.2, 0.25) is 0 Å². The Kier molecular flexibility index (Phi) is 3.20. The standard InChI is InChI=1S/C11H14ClNO3S/c1-16-7-11(13)6-10(11)17(14,15)9-4-2-8(12)3-5-9/h2-5,10H,6-7,13H2,1H3/t10-,11-/m0/s1. The van der Waals surface area contributed by atoms with Crippen LogP contribution in [-0.2, 0) is 14.6 Å². The Morgan fingerprint density at radius 2 is 2.06 bits per heavy atom. The van der Waals surface area contributed by atoms with Gasteiger partial charge in [-0.3, -0.25) is 0 Å². The lowest BCUT2D eigenvalue weighted by molar-refractivity contribution is 0.173. The van der Waals surface area contributed by atoms with Crippen LogP contribution in [0.2, 0.25) is 5.02 Å². The summed E-state index contributed by atoms with van der Waals surface area (Å²) in [7, 11) is -1.86. The van der Waals surface area contributed by atoms with Crippen LogP contribution in [0.4, 0.5) is 0 Å². The largest absolute Gasteiger partial charge is 0.383 e. The summed E-state index contributed by atoms with van der Waals surface area (Å²) in [6, 6.07) is 6.13. The lowest BCUT2D eigenvalue weighted by Crippen LogP contribution is -2.35. The molecular weight excluding hydrogens is 262 g/mol. The molecule has 1 saturated carbocycles. The zero-order valence-corrected chi connectivity index (χ0v) is 11.0. The topological polar surface area (TPSA) is 69.4 Å². The summed E-state index contributed by atoms with van der Waals surface area (Å²) in [6.45, 7) is 0.254. The fourth-order valence-electron chi connectivity index (χ4n) is 1.91. The normalized spacial score (nSPS) is 28.1. The summed E-state index contributed by atoms with van der Waals surface area (Å²) >= 11 is 5.72. The van der Waals surface area contributed by atoms with Gasteiger partial charge in [-0.1, -0.05) is 11.6 Å². The number of sulfone groups is 1. The van der Waals surface area contributed by atoms with Crippen LogP contribution in [0.25, 0.3) is 0 Å². The van der Waals surface area contributed by atoms with E-state index in [1.807, 2.05) is 0 Å². The van der Waals surface area contributed by atoms with Gasteiger partial charge in [0.15, 0.2) is 9.84 Å². The molecule has 0 saturated heterocycles. The smallest absolute Gasteiger partial charge is 0.183 e. The van der Waals surface area contributed by atoms with E-state index < -0.39 is 20.6 Å². The average Bonchev–Trinajstić information content (AvgIpc) is 2.92. The predicted octanol–water partition coefficient (Wildman–Crippen LogP) is 1.23. The Bertz CT molecular complexity index is 514. The number of rotatable bonds is 4. The van der Waals surface area contributed by atoms with E-state index >= 15 is 0 Å². The first-order valence-corrected chi connectivity index (χ1v) is 7.10. The molecule has 0 radical (unpaired) electrons. The quantitative estimate of drug-likeness (QED) is 0.897. The molecule has 1 aromatic carbocycles. The van der Waals surface area contributed by atoms with Crippen LogP contribution < -0.4 is 5.73 Å². The second-order valence-electron chi connectivity index (χ2n) is 4.36. The molecule has 0 spiro atoms. The number of nitrogens with two attached hydrogens (primary N) is 1. The van der Waals surface area contributed by atoms with Crippen molar-refractivity contribution >= 4 is 21.4 Å². The van der Waals surface area contributed by atoms with Gasteiger partial charge in [-0.15, -0.1) is 0 Å². The SMILES string of the molecule is COC[C@@]1(N)C[C@@H]1S(=O)(=O)c1ccc(Cl)cc1. The molecule has 17 heavy (non-hydrogen) atoms. The van der Waals surface area contributed by atoms with Crippen LogP contribution in [0.5, 0.6) is 0 Å². The average molecular weight is 276 g/mol. The summed E-state index contributed by atoms with van der Waals surface area (Å²) in [6.07, 6.45) is 0.436. The summed E-state index contributed by atoms with van der Waals surface area (Å²) < 4.78 is 29.4. The molecule has 0 amide bonds. The minimum atomic E-state index is -3.38. The highest BCUT2D eigenvalue weighted by Crippen LogP contribution is 2.42. The van der Waals surface area contributed by atoms with Crippen LogP contribution in [0.15, 0.2) is 29.2 Å². The molecule has 1 aliphatic carbocycles. The van der Waals surface area contributed by atoms with Crippen molar-refractivity contribution in [3.05, 3.63) is 29.3 Å². The number of benzene rings is 1. The first-order valence-electron chi connectivity index (χ1n) is 5.17. The molecule has 0 bridgehead atoms. The molecule has 1 aromatic rings. The second kappa shape index (κ2) is 4.24. The van der Waals surface area contributed by atoms with Gasteiger partial charge in [0, 0.05) is 12.1 Å². The number of halogens is 1. The number of methoxy groups -OCH3 is 1.